The van der Waals surface area contributed by atoms with Gasteiger partial charge >= 0.3 is 0 Å². The average Bonchev–Trinajstić information content (AvgIpc) is 2.18. The molecular formula is C6H11NOS. The second-order valence-electron chi connectivity index (χ2n) is 2.10. The molecule has 52 valence electrons. The highest BCUT2D eigenvalue weighted by molar-refractivity contribution is 7.80. The average molecular weight is 145 g/mol. The molecule has 1 rings (SSSR count). The molecule has 0 unspecified atom stereocenters. The molecule has 1 saturated heterocycles. The summed E-state index contributed by atoms with van der Waals surface area (Å²) in [6.07, 6.45) is 1.14. The van der Waals surface area contributed by atoms with Gasteiger partial charge in [0.1, 0.15) is 6.61 Å². The van der Waals surface area contributed by atoms with Crippen LogP contribution in [0.1, 0.15) is 13.3 Å². The lowest BCUT2D eigenvalue weighted by Gasteiger charge is -2.11. The zero-order valence-corrected chi connectivity index (χ0v) is 6.41. The third-order valence-corrected chi connectivity index (χ3v) is 1.71. The molecule has 0 amide bonds. The first-order chi connectivity index (χ1) is 4.34. The summed E-state index contributed by atoms with van der Waals surface area (Å²) in [4.78, 5) is 2.09. The van der Waals surface area contributed by atoms with Crippen LogP contribution in [-0.2, 0) is 4.74 Å². The van der Waals surface area contributed by atoms with E-state index in [9.17, 15) is 0 Å². The van der Waals surface area contributed by atoms with E-state index in [-0.39, 0.29) is 0 Å². The summed E-state index contributed by atoms with van der Waals surface area (Å²) >= 11 is 4.91. The standard InChI is InChI=1S/C6H11NOS/c1-2-3-7-4-5-8-6(7)9/h2-5H2,1H3. The summed E-state index contributed by atoms with van der Waals surface area (Å²) in [5, 5.41) is 0.678. The fraction of sp³-hybridized carbons (Fsp3) is 0.833. The molecule has 9 heavy (non-hydrogen) atoms. The summed E-state index contributed by atoms with van der Waals surface area (Å²) in [5.41, 5.74) is 0. The number of thiocarbonyl (C=S) groups is 1. The highest BCUT2D eigenvalue weighted by Gasteiger charge is 2.15. The topological polar surface area (TPSA) is 12.5 Å². The smallest absolute Gasteiger partial charge is 0.259 e. The fourth-order valence-corrected chi connectivity index (χ4v) is 1.16. The quantitative estimate of drug-likeness (QED) is 0.538. The van der Waals surface area contributed by atoms with Gasteiger partial charge in [0.15, 0.2) is 0 Å². The van der Waals surface area contributed by atoms with Crippen molar-refractivity contribution in [3.05, 3.63) is 0 Å². The highest BCUT2D eigenvalue weighted by Crippen LogP contribution is 2.03. The van der Waals surface area contributed by atoms with Gasteiger partial charge < -0.3 is 9.64 Å². The first kappa shape index (κ1) is 6.81. The minimum atomic E-state index is 0.678. The molecule has 0 atom stereocenters. The predicted molar refractivity (Wildman–Crippen MR) is 40.4 cm³/mol. The Balaban J connectivity index is 2.31. The van der Waals surface area contributed by atoms with Crippen LogP contribution in [0, 0.1) is 0 Å². The van der Waals surface area contributed by atoms with Gasteiger partial charge in [-0.25, -0.2) is 0 Å². The molecule has 0 aromatic rings. The van der Waals surface area contributed by atoms with Gasteiger partial charge in [-0.15, -0.1) is 0 Å². The lowest BCUT2D eigenvalue weighted by atomic mass is 10.4. The van der Waals surface area contributed by atoms with Crippen LogP contribution in [0.15, 0.2) is 0 Å². The zero-order chi connectivity index (χ0) is 6.69. The van der Waals surface area contributed by atoms with Gasteiger partial charge in [-0.2, -0.15) is 0 Å². The minimum Gasteiger partial charge on any atom is -0.469 e. The summed E-state index contributed by atoms with van der Waals surface area (Å²) in [6.45, 7) is 4.94. The molecule has 0 aromatic heterocycles. The van der Waals surface area contributed by atoms with Crippen LogP contribution in [0.5, 0.6) is 0 Å². The maximum absolute atomic E-state index is 5.08. The molecule has 1 aliphatic heterocycles. The molecule has 1 heterocycles. The Morgan fingerprint density at radius 3 is 3.00 bits per heavy atom. The van der Waals surface area contributed by atoms with Gasteiger partial charge in [-0.1, -0.05) is 6.92 Å². The largest absolute Gasteiger partial charge is 0.469 e. The minimum absolute atomic E-state index is 0.678. The molecule has 3 heteroatoms. The van der Waals surface area contributed by atoms with Crippen LogP contribution in [-0.4, -0.2) is 29.8 Å². The normalized spacial score (nSPS) is 18.3. The van der Waals surface area contributed by atoms with Crippen molar-refractivity contribution in [3.8, 4) is 0 Å². The van der Waals surface area contributed by atoms with Gasteiger partial charge in [0.2, 0.25) is 0 Å². The van der Waals surface area contributed by atoms with E-state index in [4.69, 9.17) is 17.0 Å². The lowest BCUT2D eigenvalue weighted by Crippen LogP contribution is -2.24. The van der Waals surface area contributed by atoms with Gasteiger partial charge in [0.25, 0.3) is 5.17 Å². The van der Waals surface area contributed by atoms with Crippen molar-refractivity contribution in [2.24, 2.45) is 0 Å². The Morgan fingerprint density at radius 2 is 2.56 bits per heavy atom. The van der Waals surface area contributed by atoms with Crippen LogP contribution in [0.4, 0.5) is 0 Å². The second-order valence-corrected chi connectivity index (χ2v) is 2.45. The Hall–Kier alpha value is -0.310. The summed E-state index contributed by atoms with van der Waals surface area (Å²) < 4.78 is 5.08. The van der Waals surface area contributed by atoms with E-state index in [1.807, 2.05) is 0 Å². The number of rotatable bonds is 2. The molecule has 0 radical (unpaired) electrons. The van der Waals surface area contributed by atoms with E-state index in [0.717, 1.165) is 26.1 Å². The lowest BCUT2D eigenvalue weighted by molar-refractivity contribution is 0.360. The molecule has 0 N–H and O–H groups in total. The van der Waals surface area contributed by atoms with E-state index in [2.05, 4.69) is 11.8 Å². The SMILES string of the molecule is CCCN1CCOC1=S. The van der Waals surface area contributed by atoms with Crippen molar-refractivity contribution in [1.82, 2.24) is 4.90 Å². The second kappa shape index (κ2) is 3.01. The first-order valence-electron chi connectivity index (χ1n) is 3.26. The number of ether oxygens (including phenoxy) is 1. The number of hydrogen-bond acceptors (Lipinski definition) is 2. The van der Waals surface area contributed by atoms with Crippen molar-refractivity contribution in [2.75, 3.05) is 19.7 Å². The van der Waals surface area contributed by atoms with E-state index in [0.29, 0.717) is 5.17 Å². The highest BCUT2D eigenvalue weighted by atomic mass is 32.1. The zero-order valence-electron chi connectivity index (χ0n) is 5.59. The van der Waals surface area contributed by atoms with Crippen molar-refractivity contribution in [3.63, 3.8) is 0 Å². The molecule has 2 nitrogen and oxygen atoms in total. The van der Waals surface area contributed by atoms with Gasteiger partial charge in [-0.3, -0.25) is 0 Å². The summed E-state index contributed by atoms with van der Waals surface area (Å²) in [7, 11) is 0. The van der Waals surface area contributed by atoms with Gasteiger partial charge in [0.05, 0.1) is 6.54 Å². The molecule has 0 spiro atoms. The van der Waals surface area contributed by atoms with Crippen molar-refractivity contribution in [2.45, 2.75) is 13.3 Å². The Labute approximate surface area is 60.8 Å². The first-order valence-corrected chi connectivity index (χ1v) is 3.67. The van der Waals surface area contributed by atoms with E-state index < -0.39 is 0 Å². The van der Waals surface area contributed by atoms with Crippen LogP contribution < -0.4 is 0 Å². The molecular weight excluding hydrogens is 134 g/mol. The van der Waals surface area contributed by atoms with Crippen molar-refractivity contribution < 1.29 is 4.74 Å². The fourth-order valence-electron chi connectivity index (χ4n) is 0.899. The molecule has 0 aliphatic carbocycles. The van der Waals surface area contributed by atoms with Crippen LogP contribution in [0.2, 0.25) is 0 Å². The maximum Gasteiger partial charge on any atom is 0.259 e. The van der Waals surface area contributed by atoms with Crippen LogP contribution in [0.25, 0.3) is 0 Å². The van der Waals surface area contributed by atoms with Crippen LogP contribution >= 0.6 is 12.2 Å². The monoisotopic (exact) mass is 145 g/mol. The Bertz CT molecular complexity index is 116. The van der Waals surface area contributed by atoms with Crippen molar-refractivity contribution >= 4 is 17.4 Å². The molecule has 0 bridgehead atoms. The summed E-state index contributed by atoms with van der Waals surface area (Å²) in [6, 6.07) is 0. The van der Waals surface area contributed by atoms with Gasteiger partial charge in [0, 0.05) is 6.54 Å². The van der Waals surface area contributed by atoms with Crippen molar-refractivity contribution in [1.29, 1.82) is 0 Å². The van der Waals surface area contributed by atoms with E-state index >= 15 is 0 Å². The summed E-state index contributed by atoms with van der Waals surface area (Å²) in [5.74, 6) is 0. The third kappa shape index (κ3) is 1.55. The number of hydrogen-bond donors (Lipinski definition) is 0. The maximum atomic E-state index is 5.08. The van der Waals surface area contributed by atoms with Crippen LogP contribution in [0.3, 0.4) is 0 Å². The Morgan fingerprint density at radius 1 is 1.78 bits per heavy atom. The Kier molecular flexibility index (Phi) is 2.28. The molecule has 1 aliphatic rings. The van der Waals surface area contributed by atoms with E-state index in [1.165, 1.54) is 0 Å². The predicted octanol–water partition coefficient (Wildman–Crippen LogP) is 1.01. The van der Waals surface area contributed by atoms with Gasteiger partial charge in [-0.05, 0) is 18.6 Å². The third-order valence-electron chi connectivity index (χ3n) is 1.34. The molecule has 0 aromatic carbocycles. The molecule has 0 saturated carbocycles. The molecule has 1 fully saturated rings. The van der Waals surface area contributed by atoms with E-state index in [1.54, 1.807) is 0 Å². The number of nitrogens with zero attached hydrogens (tertiary/aromatic N) is 1.